The average Bonchev–Trinajstić information content (AvgIpc) is 2.69. The molecule has 0 bridgehead atoms. The number of carbonyl (C=O) groups excluding carboxylic acids is 1. The smallest absolute Gasteiger partial charge is 0.330 e. The van der Waals surface area contributed by atoms with Crippen LogP contribution in [0.2, 0.25) is 0 Å². The Morgan fingerprint density at radius 1 is 1.10 bits per heavy atom. The van der Waals surface area contributed by atoms with Gasteiger partial charge in [-0.1, -0.05) is 52.7 Å². The van der Waals surface area contributed by atoms with Gasteiger partial charge in [0.05, 0.1) is 0 Å². The highest BCUT2D eigenvalue weighted by molar-refractivity contribution is 6.07. The molecule has 0 fully saturated rings. The van der Waals surface area contributed by atoms with E-state index in [1.807, 2.05) is 26.0 Å². The molecular formula is C22H32N4O3. The molecule has 29 heavy (non-hydrogen) atoms. The minimum Gasteiger partial charge on any atom is -0.383 e. The fourth-order valence-corrected chi connectivity index (χ4v) is 3.17. The number of hydrogen-bond donors (Lipinski definition) is 2. The van der Waals surface area contributed by atoms with Crippen LogP contribution in [0.3, 0.4) is 0 Å². The zero-order chi connectivity index (χ0) is 21.6. The second kappa shape index (κ2) is 10.1. The molecule has 0 spiro atoms. The minimum absolute atomic E-state index is 0.0375. The van der Waals surface area contributed by atoms with Crippen molar-refractivity contribution in [3.63, 3.8) is 0 Å². The van der Waals surface area contributed by atoms with Gasteiger partial charge in [0.1, 0.15) is 5.82 Å². The molecule has 0 aliphatic heterocycles. The van der Waals surface area contributed by atoms with Crippen molar-refractivity contribution in [1.29, 1.82) is 0 Å². The monoisotopic (exact) mass is 400 g/mol. The summed E-state index contributed by atoms with van der Waals surface area (Å²) in [5.74, 6) is 0.0954. The summed E-state index contributed by atoms with van der Waals surface area (Å²) < 4.78 is 1.34. The summed E-state index contributed by atoms with van der Waals surface area (Å²) in [6, 6.07) is 7.39. The van der Waals surface area contributed by atoms with Gasteiger partial charge in [0.15, 0.2) is 5.69 Å². The third-order valence-electron chi connectivity index (χ3n) is 5.02. The molecule has 1 amide bonds. The summed E-state index contributed by atoms with van der Waals surface area (Å²) in [5, 5.41) is 0. The lowest BCUT2D eigenvalue weighted by Gasteiger charge is -2.24. The number of hydrogen-bond acceptors (Lipinski definition) is 4. The van der Waals surface area contributed by atoms with Gasteiger partial charge in [0, 0.05) is 18.7 Å². The molecule has 2 aromatic rings. The maximum absolute atomic E-state index is 13.3. The summed E-state index contributed by atoms with van der Waals surface area (Å²) in [6.45, 7) is 8.93. The number of rotatable bonds is 9. The lowest BCUT2D eigenvalue weighted by Crippen LogP contribution is -2.41. The summed E-state index contributed by atoms with van der Waals surface area (Å²) in [7, 11) is 0. The number of anilines is 2. The molecule has 158 valence electrons. The largest absolute Gasteiger partial charge is 0.383 e. The Hall–Kier alpha value is -2.83. The van der Waals surface area contributed by atoms with Gasteiger partial charge in [-0.3, -0.25) is 19.1 Å². The maximum atomic E-state index is 13.3. The summed E-state index contributed by atoms with van der Waals surface area (Å²) >= 11 is 0. The number of benzene rings is 1. The van der Waals surface area contributed by atoms with E-state index >= 15 is 0 Å². The molecule has 1 aromatic carbocycles. The van der Waals surface area contributed by atoms with E-state index in [1.54, 1.807) is 12.1 Å². The van der Waals surface area contributed by atoms with Crippen molar-refractivity contribution < 1.29 is 4.79 Å². The van der Waals surface area contributed by atoms with Gasteiger partial charge in [-0.25, -0.2) is 4.79 Å². The predicted molar refractivity (Wildman–Crippen MR) is 118 cm³/mol. The highest BCUT2D eigenvalue weighted by Gasteiger charge is 2.25. The van der Waals surface area contributed by atoms with Gasteiger partial charge in [-0.05, 0) is 36.5 Å². The van der Waals surface area contributed by atoms with E-state index < -0.39 is 11.2 Å². The van der Waals surface area contributed by atoms with Crippen LogP contribution < -0.4 is 21.9 Å². The van der Waals surface area contributed by atoms with Crippen LogP contribution >= 0.6 is 0 Å². The standard InChI is InChI=1S/C22H32N4O3/c1-5-7-13-25(21(28)17-11-9-16(10-12-17)15(3)4)18-19(23)26(14-8-6-2)22(29)24-20(18)27/h9-12,15H,5-8,13-14,23H2,1-4H3,(H,24,27,29). The molecule has 7 heteroatoms. The second-order valence-electron chi connectivity index (χ2n) is 7.59. The Kier molecular flexibility index (Phi) is 7.82. The summed E-state index contributed by atoms with van der Waals surface area (Å²) in [5.41, 5.74) is 6.71. The molecule has 7 nitrogen and oxygen atoms in total. The molecule has 3 N–H and O–H groups in total. The average molecular weight is 401 g/mol. The Bertz CT molecular complexity index is 942. The third kappa shape index (κ3) is 5.16. The number of amides is 1. The fraction of sp³-hybridized carbons (Fsp3) is 0.500. The third-order valence-corrected chi connectivity index (χ3v) is 5.02. The fourth-order valence-electron chi connectivity index (χ4n) is 3.17. The van der Waals surface area contributed by atoms with Crippen LogP contribution in [-0.4, -0.2) is 22.0 Å². The Morgan fingerprint density at radius 2 is 1.72 bits per heavy atom. The van der Waals surface area contributed by atoms with Crippen LogP contribution in [0.5, 0.6) is 0 Å². The Morgan fingerprint density at radius 3 is 2.28 bits per heavy atom. The van der Waals surface area contributed by atoms with Crippen LogP contribution in [0.1, 0.15) is 75.2 Å². The van der Waals surface area contributed by atoms with E-state index in [-0.39, 0.29) is 17.4 Å². The quantitative estimate of drug-likeness (QED) is 0.673. The SMILES string of the molecule is CCCCN(C(=O)c1ccc(C(C)C)cc1)c1c(N)n(CCCC)c(=O)[nH]c1=O. The number of aromatic nitrogens is 2. The number of nitrogen functional groups attached to an aromatic ring is 1. The Balaban J connectivity index is 2.53. The van der Waals surface area contributed by atoms with Gasteiger partial charge in [0.25, 0.3) is 11.5 Å². The van der Waals surface area contributed by atoms with Crippen LogP contribution in [-0.2, 0) is 6.54 Å². The van der Waals surface area contributed by atoms with Crippen molar-refractivity contribution in [3.8, 4) is 0 Å². The number of unbranched alkanes of at least 4 members (excludes halogenated alkanes) is 2. The highest BCUT2D eigenvalue weighted by atomic mass is 16.2. The van der Waals surface area contributed by atoms with E-state index in [0.717, 1.165) is 24.8 Å². The number of nitrogens with one attached hydrogen (secondary N) is 1. The van der Waals surface area contributed by atoms with Crippen molar-refractivity contribution in [1.82, 2.24) is 9.55 Å². The number of aromatic amines is 1. The first-order chi connectivity index (χ1) is 13.8. The first-order valence-electron chi connectivity index (χ1n) is 10.4. The van der Waals surface area contributed by atoms with Crippen molar-refractivity contribution in [3.05, 3.63) is 56.2 Å². The molecule has 1 heterocycles. The number of carbonyl (C=O) groups is 1. The van der Waals surface area contributed by atoms with Crippen LogP contribution in [0.25, 0.3) is 0 Å². The van der Waals surface area contributed by atoms with E-state index in [9.17, 15) is 14.4 Å². The molecule has 0 saturated heterocycles. The van der Waals surface area contributed by atoms with Gasteiger partial charge in [-0.15, -0.1) is 0 Å². The minimum atomic E-state index is -0.636. The van der Waals surface area contributed by atoms with E-state index in [4.69, 9.17) is 5.73 Å². The molecule has 0 unspecified atom stereocenters. The first-order valence-corrected chi connectivity index (χ1v) is 10.4. The molecule has 0 atom stereocenters. The molecule has 0 saturated carbocycles. The lowest BCUT2D eigenvalue weighted by atomic mass is 10.0. The van der Waals surface area contributed by atoms with Crippen molar-refractivity contribution >= 4 is 17.4 Å². The Labute approximate surface area is 171 Å². The summed E-state index contributed by atoms with van der Waals surface area (Å²) in [6.07, 6.45) is 3.18. The predicted octanol–water partition coefficient (Wildman–Crippen LogP) is 3.49. The van der Waals surface area contributed by atoms with Gasteiger partial charge >= 0.3 is 5.69 Å². The van der Waals surface area contributed by atoms with E-state index in [2.05, 4.69) is 18.8 Å². The van der Waals surface area contributed by atoms with Gasteiger partial charge in [0.2, 0.25) is 0 Å². The molecular weight excluding hydrogens is 368 g/mol. The van der Waals surface area contributed by atoms with Crippen LogP contribution in [0, 0.1) is 0 Å². The normalized spacial score (nSPS) is 11.1. The number of nitrogens with two attached hydrogens (primary N) is 1. The van der Waals surface area contributed by atoms with E-state index in [1.165, 1.54) is 9.47 Å². The topological polar surface area (TPSA) is 101 Å². The van der Waals surface area contributed by atoms with Crippen molar-refractivity contribution in [2.24, 2.45) is 0 Å². The maximum Gasteiger partial charge on any atom is 0.330 e. The molecule has 0 aliphatic rings. The first kappa shape index (κ1) is 22.5. The van der Waals surface area contributed by atoms with Crippen LogP contribution in [0.15, 0.2) is 33.9 Å². The van der Waals surface area contributed by atoms with Gasteiger partial charge < -0.3 is 10.6 Å². The van der Waals surface area contributed by atoms with Crippen molar-refractivity contribution in [2.45, 2.75) is 65.8 Å². The molecule has 2 rings (SSSR count). The summed E-state index contributed by atoms with van der Waals surface area (Å²) in [4.78, 5) is 41.9. The molecule has 1 aromatic heterocycles. The lowest BCUT2D eigenvalue weighted by molar-refractivity contribution is 0.0986. The highest BCUT2D eigenvalue weighted by Crippen LogP contribution is 2.22. The van der Waals surface area contributed by atoms with Gasteiger partial charge in [-0.2, -0.15) is 0 Å². The number of H-pyrrole nitrogens is 1. The van der Waals surface area contributed by atoms with E-state index in [0.29, 0.717) is 31.0 Å². The second-order valence-corrected chi connectivity index (χ2v) is 7.59. The van der Waals surface area contributed by atoms with Crippen molar-refractivity contribution in [2.75, 3.05) is 17.2 Å². The number of nitrogens with zero attached hydrogens (tertiary/aromatic N) is 2. The zero-order valence-electron chi connectivity index (χ0n) is 17.8. The molecule has 0 radical (unpaired) electrons. The van der Waals surface area contributed by atoms with Crippen LogP contribution in [0.4, 0.5) is 11.5 Å². The molecule has 0 aliphatic carbocycles. The zero-order valence-corrected chi connectivity index (χ0v) is 17.8.